The molecule has 3 aromatic rings. The van der Waals surface area contributed by atoms with Gasteiger partial charge in [0.2, 0.25) is 5.91 Å². The van der Waals surface area contributed by atoms with Gasteiger partial charge in [0.25, 0.3) is 10.0 Å². The van der Waals surface area contributed by atoms with Crippen molar-refractivity contribution in [3.05, 3.63) is 83.1 Å². The number of sulfonamides is 1. The summed E-state index contributed by atoms with van der Waals surface area (Å²) in [6, 6.07) is 16.0. The van der Waals surface area contributed by atoms with Crippen molar-refractivity contribution in [3.63, 3.8) is 0 Å². The maximum absolute atomic E-state index is 13.5. The van der Waals surface area contributed by atoms with Crippen LogP contribution in [0.3, 0.4) is 0 Å². The number of halogens is 2. The third-order valence-corrected chi connectivity index (χ3v) is 6.75. The van der Waals surface area contributed by atoms with Crippen LogP contribution in [0.4, 0.5) is 10.1 Å². The van der Waals surface area contributed by atoms with Crippen LogP contribution in [-0.4, -0.2) is 35.1 Å². The van der Waals surface area contributed by atoms with E-state index in [0.717, 1.165) is 4.31 Å². The Morgan fingerprint density at radius 3 is 2.33 bits per heavy atom. The molecular formula is C23H22ClFN2O5S. The standard InChI is InChI=1S/C23H22ClFN2O5S/c1-31-21-11-10-20(13-22(21)32-2)33(29,30)27(19-8-6-17(24)7-9-19)15-23(28)26-14-16-4-3-5-18(25)12-16/h3-13H,14-15H2,1-2H3,(H,26,28). The Morgan fingerprint density at radius 2 is 1.70 bits per heavy atom. The van der Waals surface area contributed by atoms with E-state index in [-0.39, 0.29) is 22.9 Å². The van der Waals surface area contributed by atoms with E-state index in [1.54, 1.807) is 6.07 Å². The molecule has 0 unspecified atom stereocenters. The summed E-state index contributed by atoms with van der Waals surface area (Å²) in [5, 5.41) is 3.03. The predicted molar refractivity (Wildman–Crippen MR) is 124 cm³/mol. The summed E-state index contributed by atoms with van der Waals surface area (Å²) in [5.41, 5.74) is 0.791. The molecule has 1 N–H and O–H groups in total. The van der Waals surface area contributed by atoms with Crippen LogP contribution >= 0.6 is 11.6 Å². The summed E-state index contributed by atoms with van der Waals surface area (Å²) >= 11 is 5.95. The van der Waals surface area contributed by atoms with Gasteiger partial charge in [0.05, 0.1) is 24.8 Å². The number of nitrogens with zero attached hydrogens (tertiary/aromatic N) is 1. The third-order valence-electron chi connectivity index (χ3n) is 4.72. The Kier molecular flexibility index (Phi) is 7.78. The van der Waals surface area contributed by atoms with Gasteiger partial charge in [-0.25, -0.2) is 12.8 Å². The van der Waals surface area contributed by atoms with Crippen molar-refractivity contribution in [3.8, 4) is 11.5 Å². The van der Waals surface area contributed by atoms with Crippen LogP contribution in [0.25, 0.3) is 0 Å². The fourth-order valence-electron chi connectivity index (χ4n) is 3.06. The summed E-state index contributed by atoms with van der Waals surface area (Å²) in [6.45, 7) is -0.463. The molecule has 0 fully saturated rings. The van der Waals surface area contributed by atoms with E-state index >= 15 is 0 Å². The second-order valence-electron chi connectivity index (χ2n) is 6.91. The summed E-state index contributed by atoms with van der Waals surface area (Å²) in [5.74, 6) is -0.411. The summed E-state index contributed by atoms with van der Waals surface area (Å²) in [4.78, 5) is 12.6. The lowest BCUT2D eigenvalue weighted by Gasteiger charge is -2.24. The fourth-order valence-corrected chi connectivity index (χ4v) is 4.62. The molecule has 0 spiro atoms. The molecule has 33 heavy (non-hydrogen) atoms. The van der Waals surface area contributed by atoms with Crippen LogP contribution in [0.5, 0.6) is 11.5 Å². The van der Waals surface area contributed by atoms with Gasteiger partial charge < -0.3 is 14.8 Å². The van der Waals surface area contributed by atoms with E-state index in [9.17, 15) is 17.6 Å². The molecule has 0 atom stereocenters. The normalized spacial score (nSPS) is 11.0. The topological polar surface area (TPSA) is 84.9 Å². The maximum Gasteiger partial charge on any atom is 0.264 e. The molecule has 3 rings (SSSR count). The van der Waals surface area contributed by atoms with E-state index in [0.29, 0.717) is 16.3 Å². The first-order valence-corrected chi connectivity index (χ1v) is 11.6. The van der Waals surface area contributed by atoms with Crippen LogP contribution in [0.15, 0.2) is 71.6 Å². The Bertz CT molecular complexity index is 1240. The average Bonchev–Trinajstić information content (AvgIpc) is 2.81. The van der Waals surface area contributed by atoms with Crippen molar-refractivity contribution >= 4 is 33.2 Å². The highest BCUT2D eigenvalue weighted by Gasteiger charge is 2.28. The van der Waals surface area contributed by atoms with Gasteiger partial charge in [0, 0.05) is 17.6 Å². The lowest BCUT2D eigenvalue weighted by Crippen LogP contribution is -2.40. The number of ether oxygens (including phenoxy) is 2. The summed E-state index contributed by atoms with van der Waals surface area (Å²) in [7, 11) is -1.34. The zero-order valence-electron chi connectivity index (χ0n) is 17.9. The Balaban J connectivity index is 1.91. The SMILES string of the molecule is COc1ccc(S(=O)(=O)N(CC(=O)NCc2cccc(F)c2)c2ccc(Cl)cc2)cc1OC. The van der Waals surface area contributed by atoms with Crippen molar-refractivity contribution < 1.29 is 27.1 Å². The van der Waals surface area contributed by atoms with Crippen molar-refractivity contribution in [2.24, 2.45) is 0 Å². The van der Waals surface area contributed by atoms with Gasteiger partial charge in [-0.3, -0.25) is 9.10 Å². The zero-order valence-corrected chi connectivity index (χ0v) is 19.5. The molecule has 0 radical (unpaired) electrons. The average molecular weight is 493 g/mol. The van der Waals surface area contributed by atoms with Gasteiger partial charge in [-0.1, -0.05) is 23.7 Å². The number of benzene rings is 3. The number of nitrogens with one attached hydrogen (secondary N) is 1. The van der Waals surface area contributed by atoms with E-state index in [1.165, 1.54) is 74.9 Å². The molecule has 7 nitrogen and oxygen atoms in total. The van der Waals surface area contributed by atoms with Crippen molar-refractivity contribution in [1.29, 1.82) is 0 Å². The lowest BCUT2D eigenvalue weighted by atomic mass is 10.2. The minimum absolute atomic E-state index is 0.0431. The molecule has 0 aliphatic carbocycles. The number of rotatable bonds is 9. The highest BCUT2D eigenvalue weighted by molar-refractivity contribution is 7.92. The smallest absolute Gasteiger partial charge is 0.264 e. The first-order valence-electron chi connectivity index (χ1n) is 9.76. The van der Waals surface area contributed by atoms with Crippen LogP contribution in [0, 0.1) is 5.82 Å². The minimum atomic E-state index is -4.18. The monoisotopic (exact) mass is 492 g/mol. The fraction of sp³-hybridized carbons (Fsp3) is 0.174. The van der Waals surface area contributed by atoms with Crippen LogP contribution in [0.1, 0.15) is 5.56 Å². The highest BCUT2D eigenvalue weighted by Crippen LogP contribution is 2.32. The van der Waals surface area contributed by atoms with Crippen LogP contribution in [-0.2, 0) is 21.4 Å². The minimum Gasteiger partial charge on any atom is -0.493 e. The molecule has 0 aromatic heterocycles. The van der Waals surface area contributed by atoms with E-state index in [2.05, 4.69) is 5.32 Å². The molecule has 10 heteroatoms. The van der Waals surface area contributed by atoms with Crippen molar-refractivity contribution in [1.82, 2.24) is 5.32 Å². The van der Waals surface area contributed by atoms with Crippen LogP contribution < -0.4 is 19.1 Å². The van der Waals surface area contributed by atoms with Gasteiger partial charge in [-0.15, -0.1) is 0 Å². The number of methoxy groups -OCH3 is 2. The van der Waals surface area contributed by atoms with Gasteiger partial charge in [-0.05, 0) is 54.1 Å². The third kappa shape index (κ3) is 5.94. The Hall–Kier alpha value is -3.30. The number of hydrogen-bond acceptors (Lipinski definition) is 5. The number of amides is 1. The highest BCUT2D eigenvalue weighted by atomic mass is 35.5. The molecular weight excluding hydrogens is 471 g/mol. The van der Waals surface area contributed by atoms with E-state index in [1.807, 2.05) is 0 Å². The van der Waals surface area contributed by atoms with E-state index in [4.69, 9.17) is 21.1 Å². The van der Waals surface area contributed by atoms with Gasteiger partial charge in [0.1, 0.15) is 12.4 Å². The van der Waals surface area contributed by atoms with Crippen LogP contribution in [0.2, 0.25) is 5.02 Å². The van der Waals surface area contributed by atoms with Gasteiger partial charge in [0.15, 0.2) is 11.5 Å². The van der Waals surface area contributed by atoms with Gasteiger partial charge in [-0.2, -0.15) is 0 Å². The summed E-state index contributed by atoms with van der Waals surface area (Å²) in [6.07, 6.45) is 0. The second kappa shape index (κ2) is 10.5. The molecule has 0 saturated heterocycles. The number of anilines is 1. The number of hydrogen-bond donors (Lipinski definition) is 1. The largest absolute Gasteiger partial charge is 0.493 e. The Labute approximate surface area is 196 Å². The number of carbonyl (C=O) groups excluding carboxylic acids is 1. The maximum atomic E-state index is 13.5. The molecule has 174 valence electrons. The first-order chi connectivity index (χ1) is 15.7. The molecule has 0 heterocycles. The quantitative estimate of drug-likeness (QED) is 0.488. The molecule has 0 aliphatic heterocycles. The van der Waals surface area contributed by atoms with Crippen molar-refractivity contribution in [2.75, 3.05) is 25.1 Å². The summed E-state index contributed by atoms with van der Waals surface area (Å²) < 4.78 is 51.7. The molecule has 0 saturated carbocycles. The van der Waals surface area contributed by atoms with Gasteiger partial charge >= 0.3 is 0 Å². The number of carbonyl (C=O) groups is 1. The molecule has 0 aliphatic rings. The zero-order chi connectivity index (χ0) is 24.0. The van der Waals surface area contributed by atoms with E-state index < -0.39 is 28.3 Å². The predicted octanol–water partition coefficient (Wildman–Crippen LogP) is 4.01. The second-order valence-corrected chi connectivity index (χ2v) is 9.21. The molecule has 0 bridgehead atoms. The molecule has 1 amide bonds. The van der Waals surface area contributed by atoms with Crippen molar-refractivity contribution in [2.45, 2.75) is 11.4 Å². The lowest BCUT2D eigenvalue weighted by molar-refractivity contribution is -0.119. The molecule has 3 aromatic carbocycles. The Morgan fingerprint density at radius 1 is 1.00 bits per heavy atom. The first kappa shape index (κ1) is 24.3.